The molecule has 0 saturated heterocycles. The molecular formula is C28H18F16O2S. The first kappa shape index (κ1) is 37.8. The van der Waals surface area contributed by atoms with Crippen LogP contribution in [0.5, 0.6) is 0 Å². The van der Waals surface area contributed by atoms with Gasteiger partial charge in [0.15, 0.2) is 0 Å². The highest BCUT2D eigenvalue weighted by Gasteiger charge is 2.94. The lowest BCUT2D eigenvalue weighted by Crippen LogP contribution is -2.73. The molecule has 19 heteroatoms. The largest absolute Gasteiger partial charge is 0.460 e. The Balaban J connectivity index is 2.28. The molecule has 0 aromatic heterocycles. The Hall–Kier alpha value is -3.64. The highest BCUT2D eigenvalue weighted by atomic mass is 32.3. The van der Waals surface area contributed by atoms with Crippen LogP contribution in [0.1, 0.15) is 11.1 Å². The van der Waals surface area contributed by atoms with E-state index in [4.69, 9.17) is 4.18 Å². The van der Waals surface area contributed by atoms with Crippen LogP contribution in [0.25, 0.3) is 0 Å². The van der Waals surface area contributed by atoms with Crippen molar-refractivity contribution < 1.29 is 79.2 Å². The van der Waals surface area contributed by atoms with Gasteiger partial charge >= 0.3 is 47.7 Å². The van der Waals surface area contributed by atoms with Gasteiger partial charge in [-0.25, -0.2) is 9.18 Å². The van der Waals surface area contributed by atoms with Crippen LogP contribution >= 0.6 is 10.3 Å². The Labute approximate surface area is 255 Å². The van der Waals surface area contributed by atoms with Gasteiger partial charge in [-0.1, -0.05) is 35.4 Å². The van der Waals surface area contributed by atoms with Crippen molar-refractivity contribution in [2.45, 2.75) is 70.2 Å². The van der Waals surface area contributed by atoms with Crippen molar-refractivity contribution in [3.05, 3.63) is 89.7 Å². The molecule has 0 N–H and O–H groups in total. The van der Waals surface area contributed by atoms with Crippen LogP contribution in [0.2, 0.25) is 0 Å². The van der Waals surface area contributed by atoms with Crippen molar-refractivity contribution in [2.75, 3.05) is 0 Å². The number of hydrogen-bond acceptors (Lipinski definition) is 2. The van der Waals surface area contributed by atoms with E-state index in [1.54, 1.807) is 0 Å². The summed E-state index contributed by atoms with van der Waals surface area (Å²) in [5.41, 5.74) is 0.901. The lowest BCUT2D eigenvalue weighted by atomic mass is 9.91. The molecule has 47 heavy (non-hydrogen) atoms. The summed E-state index contributed by atoms with van der Waals surface area (Å²) in [5, 5.41) is 0. The van der Waals surface area contributed by atoms with E-state index in [-0.39, 0.29) is 9.79 Å². The lowest BCUT2D eigenvalue weighted by molar-refractivity contribution is -0.450. The number of aryl methyl sites for hydroxylation is 2. The molecule has 0 saturated carbocycles. The molecule has 3 aromatic rings. The van der Waals surface area contributed by atoms with Crippen LogP contribution in [0.15, 0.2) is 87.5 Å². The fraction of sp³-hybridized carbons (Fsp3) is 0.321. The standard InChI is InChI=1S/C28H18F16O2S/c1-15-3-9-18(10-4-15)47(19-11-5-16(2)6-12-19,20-13-7-17(29)8-14-20)46-21(45)22(30,31)23(32,33)24(34,35)25(36,37)26(38,39)27(40,41)28(42,43)44/h3-14H,1-2H3. The maximum Gasteiger partial charge on any atom is 0.460 e. The van der Waals surface area contributed by atoms with Crippen LogP contribution in [-0.4, -0.2) is 47.7 Å². The maximum atomic E-state index is 15.1. The van der Waals surface area contributed by atoms with E-state index >= 15 is 8.78 Å². The average molecular weight is 722 g/mol. The van der Waals surface area contributed by atoms with Crippen LogP contribution < -0.4 is 0 Å². The normalized spacial score (nSPS) is 14.6. The van der Waals surface area contributed by atoms with E-state index in [1.807, 2.05) is 0 Å². The van der Waals surface area contributed by atoms with Crippen LogP contribution in [0.3, 0.4) is 0 Å². The third kappa shape index (κ3) is 5.77. The first-order valence-corrected chi connectivity index (χ1v) is 14.0. The molecule has 0 radical (unpaired) electrons. The summed E-state index contributed by atoms with van der Waals surface area (Å²) in [5.74, 6) is -54.0. The molecule has 0 fully saturated rings. The van der Waals surface area contributed by atoms with E-state index in [1.165, 1.54) is 38.1 Å². The lowest BCUT2D eigenvalue weighted by Gasteiger charge is -2.43. The molecule has 3 rings (SSSR count). The molecule has 0 aliphatic carbocycles. The molecule has 3 aromatic carbocycles. The smallest absolute Gasteiger partial charge is 0.397 e. The second-order valence-corrected chi connectivity index (χ2v) is 12.6. The SMILES string of the molecule is Cc1ccc(S(OC(=O)C(F)(F)C(F)(F)C(F)(F)C(F)(F)C(F)(F)C(F)(F)C(F)(F)F)(c2ccc(C)cc2)c2ccc(F)cc2)cc1. The zero-order valence-corrected chi connectivity index (χ0v) is 24.0. The van der Waals surface area contributed by atoms with Crippen molar-refractivity contribution in [2.24, 2.45) is 0 Å². The van der Waals surface area contributed by atoms with E-state index < -0.39 is 68.7 Å². The van der Waals surface area contributed by atoms with E-state index in [0.29, 0.717) is 23.3 Å². The van der Waals surface area contributed by atoms with E-state index in [0.717, 1.165) is 36.4 Å². The molecular weight excluding hydrogens is 704 g/mol. The number of carbonyl (C=O) groups excluding carboxylic acids is 1. The van der Waals surface area contributed by atoms with Gasteiger partial charge in [-0.05, 0) is 72.7 Å². The average Bonchev–Trinajstić information content (AvgIpc) is 2.96. The van der Waals surface area contributed by atoms with Crippen LogP contribution in [0.4, 0.5) is 70.2 Å². The third-order valence-corrected chi connectivity index (χ3v) is 9.85. The van der Waals surface area contributed by atoms with Crippen LogP contribution in [-0.2, 0) is 8.98 Å². The minimum atomic E-state index is -8.58. The van der Waals surface area contributed by atoms with Gasteiger partial charge < -0.3 is 4.18 Å². The molecule has 0 unspecified atom stereocenters. The molecule has 0 heterocycles. The summed E-state index contributed by atoms with van der Waals surface area (Å²) in [6.07, 6.45) is -7.77. The number of alkyl halides is 15. The first-order valence-electron chi connectivity index (χ1n) is 12.4. The van der Waals surface area contributed by atoms with Gasteiger partial charge in [0, 0.05) is 14.7 Å². The van der Waals surface area contributed by atoms with Gasteiger partial charge in [0.1, 0.15) is 5.82 Å². The Morgan fingerprint density at radius 1 is 0.489 bits per heavy atom. The summed E-state index contributed by atoms with van der Waals surface area (Å²) in [4.78, 5) is 11.6. The number of rotatable bonds is 10. The Kier molecular flexibility index (Phi) is 9.49. The molecule has 0 aliphatic heterocycles. The van der Waals surface area contributed by atoms with Gasteiger partial charge in [-0.2, -0.15) is 65.9 Å². The number of benzene rings is 3. The zero-order chi connectivity index (χ0) is 36.2. The quantitative estimate of drug-likeness (QED) is 0.195. The molecule has 0 bridgehead atoms. The maximum absolute atomic E-state index is 15.1. The van der Waals surface area contributed by atoms with Gasteiger partial charge in [0.05, 0.1) is 0 Å². The monoisotopic (exact) mass is 722 g/mol. The second kappa shape index (κ2) is 11.8. The zero-order valence-electron chi connectivity index (χ0n) is 23.2. The minimum Gasteiger partial charge on any atom is -0.397 e. The van der Waals surface area contributed by atoms with Crippen molar-refractivity contribution >= 4 is 16.3 Å². The third-order valence-electron chi connectivity index (χ3n) is 6.64. The topological polar surface area (TPSA) is 26.3 Å². The highest BCUT2D eigenvalue weighted by Crippen LogP contribution is 2.70. The van der Waals surface area contributed by atoms with Gasteiger partial charge in [-0.15, -0.1) is 0 Å². The molecule has 0 aliphatic rings. The fourth-order valence-corrected chi connectivity index (χ4v) is 6.89. The van der Waals surface area contributed by atoms with Crippen molar-refractivity contribution in [3.8, 4) is 0 Å². The van der Waals surface area contributed by atoms with E-state index in [2.05, 4.69) is 0 Å². The predicted molar refractivity (Wildman–Crippen MR) is 133 cm³/mol. The molecule has 2 nitrogen and oxygen atoms in total. The number of halogens is 16. The number of hydrogen-bond donors (Lipinski definition) is 0. The first-order chi connectivity index (χ1) is 21.1. The number of carbonyl (C=O) groups is 1. The Bertz CT molecular complexity index is 1470. The summed E-state index contributed by atoms with van der Waals surface area (Å²) in [6.45, 7) is 2.98. The fourth-order valence-electron chi connectivity index (χ4n) is 3.90. The van der Waals surface area contributed by atoms with Gasteiger partial charge in [-0.3, -0.25) is 0 Å². The summed E-state index contributed by atoms with van der Waals surface area (Å²) >= 11 is 0. The predicted octanol–water partition coefficient (Wildman–Crippen LogP) is 10.6. The van der Waals surface area contributed by atoms with E-state index in [9.17, 15) is 66.3 Å². The minimum absolute atomic E-state index is 0.362. The molecule has 260 valence electrons. The summed E-state index contributed by atoms with van der Waals surface area (Å²) in [7, 11) is -4.26. The Morgan fingerprint density at radius 2 is 0.787 bits per heavy atom. The van der Waals surface area contributed by atoms with Crippen molar-refractivity contribution in [1.29, 1.82) is 0 Å². The summed E-state index contributed by atoms with van der Waals surface area (Å²) < 4.78 is 226. The van der Waals surface area contributed by atoms with Gasteiger partial charge in [0.25, 0.3) is 0 Å². The molecule has 0 amide bonds. The highest BCUT2D eigenvalue weighted by molar-refractivity contribution is 8.30. The van der Waals surface area contributed by atoms with Crippen molar-refractivity contribution in [1.82, 2.24) is 0 Å². The van der Waals surface area contributed by atoms with Crippen LogP contribution in [0, 0.1) is 19.7 Å². The molecule has 0 atom stereocenters. The van der Waals surface area contributed by atoms with Gasteiger partial charge in [0.2, 0.25) is 0 Å². The second-order valence-electron chi connectivity index (χ2n) is 9.95. The Morgan fingerprint density at radius 3 is 1.13 bits per heavy atom. The summed E-state index contributed by atoms with van der Waals surface area (Å²) in [6, 6.07) is 12.2. The molecule has 0 spiro atoms. The van der Waals surface area contributed by atoms with Crippen molar-refractivity contribution in [3.63, 3.8) is 0 Å².